The van der Waals surface area contributed by atoms with E-state index in [0.717, 1.165) is 23.4 Å². The van der Waals surface area contributed by atoms with Crippen LogP contribution in [0.1, 0.15) is 35.0 Å². The number of aromatic nitrogens is 1. The van der Waals surface area contributed by atoms with Gasteiger partial charge in [-0.3, -0.25) is 0 Å². The normalized spacial score (nSPS) is 11.5. The van der Waals surface area contributed by atoms with Gasteiger partial charge < -0.3 is 4.57 Å². The Hall–Kier alpha value is -2.47. The van der Waals surface area contributed by atoms with Crippen LogP contribution in [0.4, 0.5) is 0 Å². The van der Waals surface area contributed by atoms with E-state index in [2.05, 4.69) is 61.7 Å². The number of aryl methyl sites for hydroxylation is 2. The fourth-order valence-electron chi connectivity index (χ4n) is 3.37. The third-order valence-electron chi connectivity index (χ3n) is 4.73. The van der Waals surface area contributed by atoms with E-state index in [1.165, 1.54) is 11.3 Å². The van der Waals surface area contributed by atoms with Gasteiger partial charge in [0, 0.05) is 27.7 Å². The molecule has 2 aromatic carbocycles. The van der Waals surface area contributed by atoms with Gasteiger partial charge in [-0.25, -0.2) is 0 Å². The van der Waals surface area contributed by atoms with Gasteiger partial charge in [-0.15, -0.1) is 0 Å². The average Bonchev–Trinajstić information content (AvgIpc) is 2.93. The SMILES string of the molecule is CCc1ccccc1-n1c(C)cc(/C=C(/C#N)c2ccc(Cl)cc2Cl)c1C. The molecule has 136 valence electrons. The number of hydrogen-bond donors (Lipinski definition) is 0. The summed E-state index contributed by atoms with van der Waals surface area (Å²) in [6, 6.07) is 18.0. The van der Waals surface area contributed by atoms with Crippen LogP contribution in [0.3, 0.4) is 0 Å². The Morgan fingerprint density at radius 2 is 1.85 bits per heavy atom. The molecule has 1 aromatic heterocycles. The van der Waals surface area contributed by atoms with Gasteiger partial charge in [0.1, 0.15) is 0 Å². The maximum Gasteiger partial charge on any atom is 0.0998 e. The molecule has 0 saturated carbocycles. The van der Waals surface area contributed by atoms with Gasteiger partial charge in [-0.2, -0.15) is 5.26 Å². The number of nitrogens with zero attached hydrogens (tertiary/aromatic N) is 2. The highest BCUT2D eigenvalue weighted by Crippen LogP contribution is 2.30. The van der Waals surface area contributed by atoms with Crippen LogP contribution < -0.4 is 0 Å². The second-order valence-electron chi connectivity index (χ2n) is 6.44. The third kappa shape index (κ3) is 3.81. The van der Waals surface area contributed by atoms with Gasteiger partial charge in [0.15, 0.2) is 0 Å². The standard InChI is InChI=1S/C23H20Cl2N2/c1-4-17-7-5-6-8-23(17)27-15(2)11-18(16(27)3)12-19(14-26)21-10-9-20(24)13-22(21)25/h5-13H,4H2,1-3H3/b19-12-. The van der Waals surface area contributed by atoms with Crippen LogP contribution in [0.5, 0.6) is 0 Å². The Morgan fingerprint density at radius 1 is 1.11 bits per heavy atom. The smallest absolute Gasteiger partial charge is 0.0998 e. The summed E-state index contributed by atoms with van der Waals surface area (Å²) in [5.74, 6) is 0. The van der Waals surface area contributed by atoms with E-state index in [4.69, 9.17) is 23.2 Å². The summed E-state index contributed by atoms with van der Waals surface area (Å²) in [6.07, 6.45) is 2.85. The molecule has 2 nitrogen and oxygen atoms in total. The van der Waals surface area contributed by atoms with Crippen molar-refractivity contribution in [1.29, 1.82) is 5.26 Å². The van der Waals surface area contributed by atoms with Crippen molar-refractivity contribution >= 4 is 34.9 Å². The molecular formula is C23H20Cl2N2. The largest absolute Gasteiger partial charge is 0.318 e. The summed E-state index contributed by atoms with van der Waals surface area (Å²) >= 11 is 12.3. The zero-order valence-electron chi connectivity index (χ0n) is 15.6. The minimum absolute atomic E-state index is 0.473. The van der Waals surface area contributed by atoms with Gasteiger partial charge in [0.2, 0.25) is 0 Å². The van der Waals surface area contributed by atoms with Crippen molar-refractivity contribution in [3.63, 3.8) is 0 Å². The lowest BCUT2D eigenvalue weighted by molar-refractivity contribution is 0.936. The molecule has 0 fully saturated rings. The van der Waals surface area contributed by atoms with Gasteiger partial charge in [-0.1, -0.05) is 54.4 Å². The molecule has 0 aliphatic rings. The molecule has 0 spiro atoms. The lowest BCUT2D eigenvalue weighted by Gasteiger charge is -2.14. The van der Waals surface area contributed by atoms with Crippen LogP contribution in [-0.2, 0) is 6.42 Å². The fraction of sp³-hybridized carbons (Fsp3) is 0.174. The minimum atomic E-state index is 0.473. The quantitative estimate of drug-likeness (QED) is 0.436. The molecule has 0 aliphatic heterocycles. The Balaban J connectivity index is 2.13. The highest BCUT2D eigenvalue weighted by atomic mass is 35.5. The summed E-state index contributed by atoms with van der Waals surface area (Å²) in [5.41, 5.74) is 6.88. The molecule has 0 saturated heterocycles. The van der Waals surface area contributed by atoms with Crippen molar-refractivity contribution in [2.45, 2.75) is 27.2 Å². The van der Waals surface area contributed by atoms with Crippen LogP contribution in [0, 0.1) is 25.2 Å². The first-order valence-electron chi connectivity index (χ1n) is 8.80. The molecule has 0 bridgehead atoms. The summed E-state index contributed by atoms with van der Waals surface area (Å²) in [5, 5.41) is 10.7. The first kappa shape index (κ1) is 19.3. The van der Waals surface area contributed by atoms with E-state index in [-0.39, 0.29) is 0 Å². The van der Waals surface area contributed by atoms with Crippen molar-refractivity contribution < 1.29 is 0 Å². The van der Waals surface area contributed by atoms with Gasteiger partial charge in [-0.05, 0) is 61.7 Å². The number of nitriles is 1. The Morgan fingerprint density at radius 3 is 2.52 bits per heavy atom. The topological polar surface area (TPSA) is 28.7 Å². The second kappa shape index (κ2) is 8.05. The Bertz CT molecular complexity index is 1070. The first-order chi connectivity index (χ1) is 13.0. The molecule has 1 heterocycles. The van der Waals surface area contributed by atoms with Gasteiger partial charge >= 0.3 is 0 Å². The Labute approximate surface area is 170 Å². The van der Waals surface area contributed by atoms with Crippen LogP contribution in [0.25, 0.3) is 17.3 Å². The maximum atomic E-state index is 9.68. The molecule has 3 rings (SSSR count). The number of hydrogen-bond acceptors (Lipinski definition) is 1. The predicted octanol–water partition coefficient (Wildman–Crippen LogP) is 7.03. The average molecular weight is 395 g/mol. The Kier molecular flexibility index (Phi) is 5.75. The zero-order valence-corrected chi connectivity index (χ0v) is 17.1. The monoisotopic (exact) mass is 394 g/mol. The molecular weight excluding hydrogens is 375 g/mol. The lowest BCUT2D eigenvalue weighted by atomic mass is 10.0. The van der Waals surface area contributed by atoms with Crippen LogP contribution in [-0.4, -0.2) is 4.57 Å². The molecule has 0 N–H and O–H groups in total. The van der Waals surface area contributed by atoms with E-state index >= 15 is 0 Å². The summed E-state index contributed by atoms with van der Waals surface area (Å²) in [4.78, 5) is 0. The minimum Gasteiger partial charge on any atom is -0.318 e. The molecule has 0 amide bonds. The number of allylic oxidation sites excluding steroid dienone is 1. The lowest BCUT2D eigenvalue weighted by Crippen LogP contribution is -2.02. The van der Waals surface area contributed by atoms with E-state index in [9.17, 15) is 5.26 Å². The molecule has 4 heteroatoms. The van der Waals surface area contributed by atoms with Crippen molar-refractivity contribution in [1.82, 2.24) is 4.57 Å². The summed E-state index contributed by atoms with van der Waals surface area (Å²) in [6.45, 7) is 6.31. The highest BCUT2D eigenvalue weighted by molar-refractivity contribution is 6.36. The van der Waals surface area contributed by atoms with Crippen LogP contribution in [0.15, 0.2) is 48.5 Å². The van der Waals surface area contributed by atoms with Crippen molar-refractivity contribution in [3.8, 4) is 11.8 Å². The fourth-order valence-corrected chi connectivity index (χ4v) is 3.88. The second-order valence-corrected chi connectivity index (χ2v) is 7.28. The maximum absolute atomic E-state index is 9.68. The van der Waals surface area contributed by atoms with Crippen molar-refractivity contribution in [3.05, 3.63) is 86.7 Å². The van der Waals surface area contributed by atoms with E-state index in [0.29, 0.717) is 21.2 Å². The predicted molar refractivity (Wildman–Crippen MR) is 115 cm³/mol. The first-order valence-corrected chi connectivity index (χ1v) is 9.56. The van der Waals surface area contributed by atoms with Gasteiger partial charge in [0.25, 0.3) is 0 Å². The van der Waals surface area contributed by atoms with E-state index in [1.54, 1.807) is 18.2 Å². The summed E-state index contributed by atoms with van der Waals surface area (Å²) < 4.78 is 2.24. The molecule has 0 atom stereocenters. The molecule has 3 aromatic rings. The number of halogens is 2. The summed E-state index contributed by atoms with van der Waals surface area (Å²) in [7, 11) is 0. The molecule has 0 radical (unpaired) electrons. The molecule has 0 aliphatic carbocycles. The number of rotatable bonds is 4. The van der Waals surface area contributed by atoms with E-state index in [1.807, 2.05) is 6.08 Å². The highest BCUT2D eigenvalue weighted by Gasteiger charge is 2.14. The number of benzene rings is 2. The van der Waals surface area contributed by atoms with Crippen LogP contribution >= 0.6 is 23.2 Å². The van der Waals surface area contributed by atoms with Gasteiger partial charge in [0.05, 0.1) is 16.7 Å². The van der Waals surface area contributed by atoms with Crippen molar-refractivity contribution in [2.75, 3.05) is 0 Å². The number of para-hydroxylation sites is 1. The van der Waals surface area contributed by atoms with E-state index < -0.39 is 0 Å². The van der Waals surface area contributed by atoms with Crippen LogP contribution in [0.2, 0.25) is 10.0 Å². The zero-order chi connectivity index (χ0) is 19.6. The third-order valence-corrected chi connectivity index (χ3v) is 5.27. The molecule has 27 heavy (non-hydrogen) atoms. The van der Waals surface area contributed by atoms with Crippen molar-refractivity contribution in [2.24, 2.45) is 0 Å². The molecule has 0 unspecified atom stereocenters.